The summed E-state index contributed by atoms with van der Waals surface area (Å²) in [5, 5.41) is 2.34. The van der Waals surface area contributed by atoms with E-state index in [1.54, 1.807) is 0 Å². The zero-order valence-corrected chi connectivity index (χ0v) is 28.9. The number of hydrogen-bond donors (Lipinski definition) is 0. The van der Waals surface area contributed by atoms with E-state index in [-0.39, 0.29) is 0 Å². The summed E-state index contributed by atoms with van der Waals surface area (Å²) in [6, 6.07) is 55.7. The van der Waals surface area contributed by atoms with Gasteiger partial charge in [0.1, 0.15) is 19.1 Å². The molecule has 0 atom stereocenters. The zero-order chi connectivity index (χ0) is 33.7. The molecule has 240 valence electrons. The highest BCUT2D eigenvalue weighted by Crippen LogP contribution is 2.57. The van der Waals surface area contributed by atoms with E-state index in [9.17, 15) is 0 Å². The Kier molecular flexibility index (Phi) is 7.29. The Morgan fingerprint density at radius 2 is 0.800 bits per heavy atom. The van der Waals surface area contributed by atoms with Gasteiger partial charge in [-0.25, -0.2) is 9.97 Å². The molecular formula is C45H34N2O2Si. The fourth-order valence-electron chi connectivity index (χ4n) is 7.44. The normalized spacial score (nSPS) is 14.3. The van der Waals surface area contributed by atoms with E-state index in [1.807, 2.05) is 24.3 Å². The number of benzene rings is 6. The average molecular weight is 663 g/mol. The molecule has 4 nitrogen and oxygen atoms in total. The van der Waals surface area contributed by atoms with Crippen LogP contribution >= 0.6 is 0 Å². The van der Waals surface area contributed by atoms with Gasteiger partial charge in [0.05, 0.1) is 0 Å². The minimum absolute atomic E-state index is 0.672. The summed E-state index contributed by atoms with van der Waals surface area (Å²) in [7, 11) is -2.63. The summed E-state index contributed by atoms with van der Waals surface area (Å²) in [5.41, 5.74) is 12.3. The summed E-state index contributed by atoms with van der Waals surface area (Å²) in [6.07, 6.45) is 0. The van der Waals surface area contributed by atoms with Crippen molar-refractivity contribution in [2.24, 2.45) is 0 Å². The predicted molar refractivity (Wildman–Crippen MR) is 208 cm³/mol. The van der Waals surface area contributed by atoms with E-state index in [0.717, 1.165) is 72.8 Å². The first kappa shape index (κ1) is 30.0. The third-order valence-electron chi connectivity index (χ3n) is 10.1. The Morgan fingerprint density at radius 1 is 0.440 bits per heavy atom. The lowest BCUT2D eigenvalue weighted by atomic mass is 9.91. The van der Waals surface area contributed by atoms with E-state index in [0.29, 0.717) is 11.8 Å². The van der Waals surface area contributed by atoms with Crippen LogP contribution in [0.15, 0.2) is 167 Å². The van der Waals surface area contributed by atoms with Crippen molar-refractivity contribution < 1.29 is 8.83 Å². The maximum absolute atomic E-state index is 6.77. The monoisotopic (exact) mass is 662 g/mol. The molecule has 0 amide bonds. The largest absolute Gasteiger partial charge is 0.437 e. The van der Waals surface area contributed by atoms with Crippen LogP contribution in [0, 0.1) is 0 Å². The fraction of sp³-hybridized carbons (Fsp3) is 0.0667. The zero-order valence-electron chi connectivity index (χ0n) is 27.9. The fourth-order valence-corrected chi connectivity index (χ4v) is 11.2. The third kappa shape index (κ3) is 4.97. The maximum Gasteiger partial charge on any atom is 0.220 e. The Bertz CT molecular complexity index is 2390. The molecule has 50 heavy (non-hydrogen) atoms. The molecule has 0 N–H and O–H groups in total. The topological polar surface area (TPSA) is 52.1 Å². The summed E-state index contributed by atoms with van der Waals surface area (Å²) < 4.78 is 13.5. The van der Waals surface area contributed by atoms with E-state index in [1.165, 1.54) is 10.4 Å². The van der Waals surface area contributed by atoms with Crippen molar-refractivity contribution in [1.82, 2.24) is 9.97 Å². The van der Waals surface area contributed by atoms with Gasteiger partial charge >= 0.3 is 0 Å². The van der Waals surface area contributed by atoms with Crippen molar-refractivity contribution >= 4 is 51.8 Å². The van der Waals surface area contributed by atoms with Crippen molar-refractivity contribution in [1.29, 1.82) is 0 Å². The summed E-state index contributed by atoms with van der Waals surface area (Å²) in [4.78, 5) is 10.6. The highest BCUT2D eigenvalue weighted by atomic mass is 28.3. The molecule has 2 aromatic heterocycles. The van der Waals surface area contributed by atoms with Gasteiger partial charge in [-0.1, -0.05) is 153 Å². The van der Waals surface area contributed by atoms with E-state index < -0.39 is 8.07 Å². The molecule has 6 aromatic carbocycles. The van der Waals surface area contributed by atoms with Crippen LogP contribution in [0.5, 0.6) is 0 Å². The molecule has 0 bridgehead atoms. The summed E-state index contributed by atoms with van der Waals surface area (Å²) in [5.74, 6) is 1.34. The molecule has 9 rings (SSSR count). The van der Waals surface area contributed by atoms with Crippen LogP contribution in [0.1, 0.15) is 29.8 Å². The second-order valence-electron chi connectivity index (χ2n) is 13.1. The Morgan fingerprint density at radius 3 is 1.16 bits per heavy atom. The third-order valence-corrected chi connectivity index (χ3v) is 14.7. The Hall–Kier alpha value is -6.04. The minimum atomic E-state index is -2.63. The average Bonchev–Trinajstić information content (AvgIpc) is 3.87. The standard InChI is InChI=1S/C45H34N2O2Si/c1-3-50(2)42(44-46-36-28-34(24-26-38(36)48-44)30-16-8-4-9-17-30)40(32-20-12-6-13-21-32)41(33-22-14-7-15-23-33)43(50)45-47-37-29-35(25-27-39(37)49-45)31-18-10-5-11-19-31/h4-29H,3H2,1-2H3. The second-order valence-corrected chi connectivity index (χ2v) is 17.4. The van der Waals surface area contributed by atoms with Gasteiger partial charge in [0, 0.05) is 10.4 Å². The number of allylic oxidation sites excluding steroid dienone is 2. The van der Waals surface area contributed by atoms with E-state index in [2.05, 4.69) is 147 Å². The number of nitrogens with zero attached hydrogens (tertiary/aromatic N) is 2. The van der Waals surface area contributed by atoms with Crippen LogP contribution in [0.3, 0.4) is 0 Å². The summed E-state index contributed by atoms with van der Waals surface area (Å²) >= 11 is 0. The lowest BCUT2D eigenvalue weighted by Gasteiger charge is -2.25. The smallest absolute Gasteiger partial charge is 0.220 e. The van der Waals surface area contributed by atoms with Crippen molar-refractivity contribution in [3.63, 3.8) is 0 Å². The Balaban J connectivity index is 1.30. The summed E-state index contributed by atoms with van der Waals surface area (Å²) in [6.45, 7) is 4.71. The second kappa shape index (κ2) is 12.1. The molecule has 8 aromatic rings. The van der Waals surface area contributed by atoms with Crippen LogP contribution in [0.25, 0.3) is 66.0 Å². The SMILES string of the molecule is CC[Si]1(C)C(c2nc3cc(-c4ccccc4)ccc3o2)=C(c2ccccc2)C(c2ccccc2)=C1c1nc2cc(-c3ccccc3)ccc2o1. The molecule has 5 heteroatoms. The molecule has 1 aliphatic heterocycles. The van der Waals surface area contributed by atoms with Gasteiger partial charge in [-0.2, -0.15) is 0 Å². The molecule has 0 saturated carbocycles. The van der Waals surface area contributed by atoms with Crippen molar-refractivity contribution in [3.05, 3.63) is 181 Å². The number of aromatic nitrogens is 2. The van der Waals surface area contributed by atoms with Crippen molar-refractivity contribution in [2.75, 3.05) is 0 Å². The van der Waals surface area contributed by atoms with Gasteiger partial charge in [-0.15, -0.1) is 0 Å². The van der Waals surface area contributed by atoms with E-state index in [4.69, 9.17) is 18.8 Å². The molecule has 0 unspecified atom stereocenters. The van der Waals surface area contributed by atoms with Gasteiger partial charge < -0.3 is 8.83 Å². The van der Waals surface area contributed by atoms with Crippen LogP contribution in [0.4, 0.5) is 0 Å². The number of hydrogen-bond acceptors (Lipinski definition) is 4. The van der Waals surface area contributed by atoms with Crippen LogP contribution in [0.2, 0.25) is 12.6 Å². The van der Waals surface area contributed by atoms with Crippen LogP contribution in [-0.2, 0) is 0 Å². The number of rotatable bonds is 7. The molecule has 0 fully saturated rings. The molecule has 0 aliphatic carbocycles. The van der Waals surface area contributed by atoms with Gasteiger partial charge in [-0.05, 0) is 68.8 Å². The highest BCUT2D eigenvalue weighted by Gasteiger charge is 2.49. The molecule has 0 radical (unpaired) electrons. The van der Waals surface area contributed by atoms with Crippen molar-refractivity contribution in [3.8, 4) is 22.3 Å². The lowest BCUT2D eigenvalue weighted by molar-refractivity contribution is 0.586. The Labute approximate surface area is 292 Å². The first-order valence-electron chi connectivity index (χ1n) is 17.1. The van der Waals surface area contributed by atoms with Gasteiger partial charge in [-0.3, -0.25) is 0 Å². The number of fused-ring (bicyclic) bond motifs is 2. The first-order valence-corrected chi connectivity index (χ1v) is 19.8. The van der Waals surface area contributed by atoms with Crippen LogP contribution < -0.4 is 0 Å². The maximum atomic E-state index is 6.77. The van der Waals surface area contributed by atoms with Crippen LogP contribution in [-0.4, -0.2) is 18.0 Å². The minimum Gasteiger partial charge on any atom is -0.437 e. The predicted octanol–water partition coefficient (Wildman–Crippen LogP) is 12.0. The van der Waals surface area contributed by atoms with Gasteiger partial charge in [0.25, 0.3) is 0 Å². The molecule has 0 saturated heterocycles. The molecular weight excluding hydrogens is 629 g/mol. The number of oxazole rings is 2. The van der Waals surface area contributed by atoms with Crippen molar-refractivity contribution in [2.45, 2.75) is 19.5 Å². The lowest BCUT2D eigenvalue weighted by Crippen LogP contribution is -2.32. The molecule has 0 spiro atoms. The van der Waals surface area contributed by atoms with E-state index >= 15 is 0 Å². The molecule has 3 heterocycles. The highest BCUT2D eigenvalue weighted by molar-refractivity contribution is 7.13. The van der Waals surface area contributed by atoms with Gasteiger partial charge in [0.15, 0.2) is 11.2 Å². The first-order chi connectivity index (χ1) is 24.6. The quantitative estimate of drug-likeness (QED) is 0.159. The van der Waals surface area contributed by atoms with Gasteiger partial charge in [0.2, 0.25) is 11.8 Å². The molecule has 1 aliphatic rings.